The summed E-state index contributed by atoms with van der Waals surface area (Å²) in [5.74, 6) is -0.686. The van der Waals surface area contributed by atoms with Crippen LogP contribution in [0.4, 0.5) is 0 Å². The first-order valence-corrected chi connectivity index (χ1v) is 6.59. The maximum atomic E-state index is 11.8. The molecule has 0 aliphatic rings. The molecule has 1 rings (SSSR count). The Balaban J connectivity index is 2.77. The predicted octanol–water partition coefficient (Wildman–Crippen LogP) is 2.36. The molecule has 1 heterocycles. The molecule has 0 N–H and O–H groups in total. The minimum atomic E-state index is -0.572. The zero-order valence-corrected chi connectivity index (χ0v) is 12.6. The molecular formula is C13H18N2O3S. The Labute approximate surface area is 116 Å². The number of ketones is 1. The van der Waals surface area contributed by atoms with Crippen LogP contribution in [0.3, 0.4) is 0 Å². The minimum Gasteiger partial charge on any atom is -0.455 e. The Morgan fingerprint density at radius 2 is 2.00 bits per heavy atom. The van der Waals surface area contributed by atoms with Crippen LogP contribution in [-0.4, -0.2) is 41.3 Å². The molecule has 0 spiro atoms. The second-order valence-electron chi connectivity index (χ2n) is 5.18. The lowest BCUT2D eigenvalue weighted by Gasteiger charge is -2.18. The zero-order chi connectivity index (χ0) is 14.6. The van der Waals surface area contributed by atoms with E-state index >= 15 is 0 Å². The zero-order valence-electron chi connectivity index (χ0n) is 11.8. The van der Waals surface area contributed by atoms with Gasteiger partial charge in [0.1, 0.15) is 5.60 Å². The van der Waals surface area contributed by atoms with E-state index in [1.165, 1.54) is 12.3 Å². The van der Waals surface area contributed by atoms with E-state index < -0.39 is 11.6 Å². The SMILES string of the molecule is CN(C)/C=C/C(=O)c1cnc(C(=O)OC(C)(C)C)s1. The molecule has 0 radical (unpaired) electrons. The van der Waals surface area contributed by atoms with Crippen LogP contribution in [0.2, 0.25) is 0 Å². The van der Waals surface area contributed by atoms with E-state index in [9.17, 15) is 9.59 Å². The largest absolute Gasteiger partial charge is 0.455 e. The van der Waals surface area contributed by atoms with Gasteiger partial charge in [0.2, 0.25) is 5.01 Å². The molecule has 104 valence electrons. The van der Waals surface area contributed by atoms with E-state index in [1.807, 2.05) is 14.1 Å². The fraction of sp³-hybridized carbons (Fsp3) is 0.462. The summed E-state index contributed by atoms with van der Waals surface area (Å²) in [7, 11) is 3.64. The Morgan fingerprint density at radius 1 is 1.37 bits per heavy atom. The number of allylic oxidation sites excluding steroid dienone is 1. The lowest BCUT2D eigenvalue weighted by atomic mass is 10.2. The van der Waals surface area contributed by atoms with Crippen LogP contribution >= 0.6 is 11.3 Å². The van der Waals surface area contributed by atoms with Crippen molar-refractivity contribution in [1.82, 2.24) is 9.88 Å². The number of carbonyl (C=O) groups is 2. The van der Waals surface area contributed by atoms with Gasteiger partial charge >= 0.3 is 5.97 Å². The fourth-order valence-corrected chi connectivity index (χ4v) is 1.82. The van der Waals surface area contributed by atoms with Gasteiger partial charge in [0.15, 0.2) is 5.78 Å². The topological polar surface area (TPSA) is 59.5 Å². The number of carbonyl (C=O) groups excluding carboxylic acids is 2. The Hall–Kier alpha value is -1.69. The molecule has 1 aromatic rings. The molecule has 0 bridgehead atoms. The van der Waals surface area contributed by atoms with Crippen LogP contribution in [0.15, 0.2) is 18.5 Å². The number of hydrogen-bond acceptors (Lipinski definition) is 6. The summed E-state index contributed by atoms with van der Waals surface area (Å²) in [5, 5.41) is 0.191. The Bertz CT molecular complexity index is 498. The molecule has 0 aromatic carbocycles. The number of aromatic nitrogens is 1. The summed E-state index contributed by atoms with van der Waals surface area (Å²) in [4.78, 5) is 29.6. The van der Waals surface area contributed by atoms with Crippen LogP contribution in [0.25, 0.3) is 0 Å². The number of rotatable bonds is 4. The average Bonchev–Trinajstić information content (AvgIpc) is 2.72. The van der Waals surface area contributed by atoms with Gasteiger partial charge in [-0.3, -0.25) is 4.79 Å². The quantitative estimate of drug-likeness (QED) is 0.482. The molecule has 0 atom stereocenters. The van der Waals surface area contributed by atoms with Crippen molar-refractivity contribution in [2.45, 2.75) is 26.4 Å². The van der Waals surface area contributed by atoms with Crippen molar-refractivity contribution in [2.24, 2.45) is 0 Å². The summed E-state index contributed by atoms with van der Waals surface area (Å²) in [6.45, 7) is 5.35. The van der Waals surface area contributed by atoms with E-state index in [0.717, 1.165) is 11.3 Å². The summed E-state index contributed by atoms with van der Waals surface area (Å²) in [6, 6.07) is 0. The molecule has 1 aromatic heterocycles. The lowest BCUT2D eigenvalue weighted by Crippen LogP contribution is -2.23. The van der Waals surface area contributed by atoms with Gasteiger partial charge in [-0.1, -0.05) is 0 Å². The maximum absolute atomic E-state index is 11.8. The molecule has 19 heavy (non-hydrogen) atoms. The van der Waals surface area contributed by atoms with Crippen molar-refractivity contribution in [1.29, 1.82) is 0 Å². The Kier molecular flexibility index (Phi) is 4.83. The number of nitrogens with zero attached hydrogens (tertiary/aromatic N) is 2. The van der Waals surface area contributed by atoms with Crippen molar-refractivity contribution in [2.75, 3.05) is 14.1 Å². The molecule has 0 aliphatic heterocycles. The van der Waals surface area contributed by atoms with Gasteiger partial charge in [0, 0.05) is 26.4 Å². The van der Waals surface area contributed by atoms with Crippen LogP contribution in [0, 0.1) is 0 Å². The van der Waals surface area contributed by atoms with Crippen LogP contribution in [-0.2, 0) is 4.74 Å². The van der Waals surface area contributed by atoms with Crippen molar-refractivity contribution in [3.8, 4) is 0 Å². The second-order valence-corrected chi connectivity index (χ2v) is 6.21. The van der Waals surface area contributed by atoms with Gasteiger partial charge in [-0.05, 0) is 20.8 Å². The molecular weight excluding hydrogens is 264 g/mol. The molecule has 0 fully saturated rings. The lowest BCUT2D eigenvalue weighted by molar-refractivity contribution is 0.00691. The van der Waals surface area contributed by atoms with Gasteiger partial charge in [0.25, 0.3) is 0 Å². The molecule has 0 saturated carbocycles. The number of esters is 1. The third-order valence-electron chi connectivity index (χ3n) is 1.85. The van der Waals surface area contributed by atoms with Gasteiger partial charge in [-0.2, -0.15) is 0 Å². The minimum absolute atomic E-state index is 0.180. The molecule has 0 aliphatic carbocycles. The van der Waals surface area contributed by atoms with E-state index in [0.29, 0.717) is 4.88 Å². The van der Waals surface area contributed by atoms with E-state index in [4.69, 9.17) is 4.74 Å². The van der Waals surface area contributed by atoms with Gasteiger partial charge in [0.05, 0.1) is 11.1 Å². The summed E-state index contributed by atoms with van der Waals surface area (Å²) >= 11 is 1.04. The van der Waals surface area contributed by atoms with Crippen LogP contribution in [0.1, 0.15) is 40.2 Å². The summed E-state index contributed by atoms with van der Waals surface area (Å²) in [5.41, 5.74) is -0.572. The van der Waals surface area contributed by atoms with E-state index in [2.05, 4.69) is 4.98 Å². The fourth-order valence-electron chi connectivity index (χ4n) is 1.10. The third-order valence-corrected chi connectivity index (χ3v) is 2.84. The first-order chi connectivity index (χ1) is 8.69. The molecule has 6 heteroatoms. The van der Waals surface area contributed by atoms with Gasteiger partial charge in [-0.15, -0.1) is 11.3 Å². The highest BCUT2D eigenvalue weighted by Gasteiger charge is 2.21. The molecule has 0 amide bonds. The first-order valence-electron chi connectivity index (χ1n) is 5.77. The monoisotopic (exact) mass is 282 g/mol. The van der Waals surface area contributed by atoms with Crippen molar-refractivity contribution >= 4 is 23.1 Å². The summed E-state index contributed by atoms with van der Waals surface area (Å²) < 4.78 is 5.19. The number of thiazole rings is 1. The third kappa shape index (κ3) is 5.21. The average molecular weight is 282 g/mol. The highest BCUT2D eigenvalue weighted by molar-refractivity contribution is 7.15. The molecule has 0 unspecified atom stereocenters. The first kappa shape index (κ1) is 15.4. The molecule has 5 nitrogen and oxygen atoms in total. The van der Waals surface area contributed by atoms with Crippen molar-refractivity contribution < 1.29 is 14.3 Å². The standard InChI is InChI=1S/C13H18N2O3S/c1-13(2,3)18-12(17)11-14-8-10(19-11)9(16)6-7-15(4)5/h6-8H,1-5H3/b7-6+. The van der Waals surface area contributed by atoms with E-state index in [-0.39, 0.29) is 10.8 Å². The van der Waals surface area contributed by atoms with Gasteiger partial charge in [-0.25, -0.2) is 9.78 Å². The van der Waals surface area contributed by atoms with Crippen LogP contribution < -0.4 is 0 Å². The normalized spacial score (nSPS) is 11.6. The summed E-state index contributed by atoms with van der Waals surface area (Å²) in [6.07, 6.45) is 4.48. The Morgan fingerprint density at radius 3 is 2.53 bits per heavy atom. The number of hydrogen-bond donors (Lipinski definition) is 0. The number of ether oxygens (including phenoxy) is 1. The smallest absolute Gasteiger partial charge is 0.367 e. The van der Waals surface area contributed by atoms with Crippen LogP contribution in [0.5, 0.6) is 0 Å². The van der Waals surface area contributed by atoms with Crippen molar-refractivity contribution in [3.05, 3.63) is 28.4 Å². The van der Waals surface area contributed by atoms with Gasteiger partial charge < -0.3 is 9.64 Å². The maximum Gasteiger partial charge on any atom is 0.367 e. The van der Waals surface area contributed by atoms with Crippen molar-refractivity contribution in [3.63, 3.8) is 0 Å². The molecule has 0 saturated heterocycles. The van der Waals surface area contributed by atoms with E-state index in [1.54, 1.807) is 31.9 Å². The second kappa shape index (κ2) is 5.97. The highest BCUT2D eigenvalue weighted by Crippen LogP contribution is 2.18. The highest BCUT2D eigenvalue weighted by atomic mass is 32.1. The predicted molar refractivity (Wildman–Crippen MR) is 74.4 cm³/mol.